The highest BCUT2D eigenvalue weighted by Crippen LogP contribution is 2.10. The average Bonchev–Trinajstić information content (AvgIpc) is 2.56. The Labute approximate surface area is 131 Å². The Hall–Kier alpha value is -1.88. The van der Waals surface area contributed by atoms with Crippen LogP contribution in [-0.4, -0.2) is 39.3 Å². The van der Waals surface area contributed by atoms with Crippen molar-refractivity contribution >= 4 is 5.96 Å². The van der Waals surface area contributed by atoms with E-state index in [-0.39, 0.29) is 5.82 Å². The highest BCUT2D eigenvalue weighted by molar-refractivity contribution is 5.79. The second kappa shape index (κ2) is 9.20. The monoisotopic (exact) mass is 305 g/mol. The van der Waals surface area contributed by atoms with Gasteiger partial charge in [0.1, 0.15) is 5.82 Å². The van der Waals surface area contributed by atoms with Crippen LogP contribution in [0.3, 0.4) is 0 Å². The Bertz CT molecular complexity index is 528. The number of hydrogen-bond donors (Lipinski definition) is 2. The van der Waals surface area contributed by atoms with Gasteiger partial charge in [-0.1, -0.05) is 29.8 Å². The molecule has 0 aromatic heterocycles. The van der Waals surface area contributed by atoms with Gasteiger partial charge in [0.25, 0.3) is 0 Å². The highest BCUT2D eigenvalue weighted by atomic mass is 19.1. The summed E-state index contributed by atoms with van der Waals surface area (Å²) in [5.41, 5.74) is 2.15. The number of rotatable bonds is 6. The van der Waals surface area contributed by atoms with E-state index in [4.69, 9.17) is 4.74 Å². The Morgan fingerprint density at radius 3 is 2.68 bits per heavy atom. The maximum atomic E-state index is 13.5. The van der Waals surface area contributed by atoms with Gasteiger partial charge in [-0.05, 0) is 30.9 Å². The van der Waals surface area contributed by atoms with E-state index < -0.39 is 0 Å². The third-order valence-electron chi connectivity index (χ3n) is 3.66. The molecule has 22 heavy (non-hydrogen) atoms. The predicted molar refractivity (Wildman–Crippen MR) is 87.6 cm³/mol. The fourth-order valence-electron chi connectivity index (χ4n) is 2.37. The van der Waals surface area contributed by atoms with Crippen LogP contribution in [0.2, 0.25) is 0 Å². The van der Waals surface area contributed by atoms with Gasteiger partial charge in [0.2, 0.25) is 0 Å². The van der Waals surface area contributed by atoms with Crippen LogP contribution in [0.4, 0.5) is 4.39 Å². The summed E-state index contributed by atoms with van der Waals surface area (Å²) < 4.78 is 18.8. The molecule has 0 radical (unpaired) electrons. The van der Waals surface area contributed by atoms with Crippen molar-refractivity contribution in [3.8, 4) is 0 Å². The number of aliphatic imine (C=N–C) groups is 1. The van der Waals surface area contributed by atoms with E-state index in [1.54, 1.807) is 13.1 Å². The van der Waals surface area contributed by atoms with Crippen molar-refractivity contribution in [2.45, 2.75) is 19.3 Å². The molecule has 0 bridgehead atoms. The summed E-state index contributed by atoms with van der Waals surface area (Å²) in [7, 11) is 1.74. The van der Waals surface area contributed by atoms with Gasteiger partial charge in [-0.2, -0.15) is 0 Å². The third-order valence-corrected chi connectivity index (χ3v) is 3.66. The fourth-order valence-corrected chi connectivity index (χ4v) is 2.37. The summed E-state index contributed by atoms with van der Waals surface area (Å²) in [5.74, 6) is 0.600. The Balaban J connectivity index is 1.67. The highest BCUT2D eigenvalue weighted by Gasteiger charge is 2.05. The van der Waals surface area contributed by atoms with Gasteiger partial charge in [-0.15, -0.1) is 0 Å². The topological polar surface area (TPSA) is 45.7 Å². The van der Waals surface area contributed by atoms with Crippen LogP contribution in [0.25, 0.3) is 0 Å². The van der Waals surface area contributed by atoms with Gasteiger partial charge in [-0.3, -0.25) is 4.99 Å². The van der Waals surface area contributed by atoms with Gasteiger partial charge in [-0.25, -0.2) is 4.39 Å². The van der Waals surface area contributed by atoms with Crippen LogP contribution >= 0.6 is 0 Å². The first kappa shape index (κ1) is 16.5. The maximum Gasteiger partial charge on any atom is 0.190 e. The quantitative estimate of drug-likeness (QED) is 0.481. The number of guanidine groups is 1. The second-order valence-corrected chi connectivity index (χ2v) is 5.20. The molecule has 0 saturated heterocycles. The molecule has 0 unspecified atom stereocenters. The van der Waals surface area contributed by atoms with Gasteiger partial charge in [0, 0.05) is 20.1 Å². The van der Waals surface area contributed by atoms with Crippen LogP contribution in [-0.2, 0) is 11.2 Å². The first-order valence-corrected chi connectivity index (χ1v) is 7.73. The molecule has 0 aliphatic carbocycles. The number of hydrogen-bond acceptors (Lipinski definition) is 2. The molecule has 0 spiro atoms. The zero-order valence-corrected chi connectivity index (χ0v) is 13.1. The summed E-state index contributed by atoms with van der Waals surface area (Å²) in [6.07, 6.45) is 4.80. The minimum Gasteiger partial charge on any atom is -0.377 e. The maximum absolute atomic E-state index is 13.5. The molecule has 5 heteroatoms. The van der Waals surface area contributed by atoms with E-state index in [9.17, 15) is 4.39 Å². The normalized spacial score (nSPS) is 15.4. The molecule has 2 N–H and O–H groups in total. The molecule has 1 aliphatic rings. The molecule has 1 heterocycles. The molecule has 1 aromatic rings. The third kappa shape index (κ3) is 5.48. The lowest BCUT2D eigenvalue weighted by atomic mass is 10.1. The number of halogens is 1. The van der Waals surface area contributed by atoms with Gasteiger partial charge >= 0.3 is 0 Å². The molecule has 4 nitrogen and oxygen atoms in total. The van der Waals surface area contributed by atoms with E-state index in [1.165, 1.54) is 11.6 Å². The summed E-state index contributed by atoms with van der Waals surface area (Å²) >= 11 is 0. The molecule has 0 fully saturated rings. The molecule has 0 atom stereocenters. The smallest absolute Gasteiger partial charge is 0.190 e. The number of ether oxygens (including phenoxy) is 1. The van der Waals surface area contributed by atoms with E-state index in [1.807, 2.05) is 12.1 Å². The summed E-state index contributed by atoms with van der Waals surface area (Å²) in [5, 5.41) is 6.49. The predicted octanol–water partition coefficient (Wildman–Crippen LogP) is 2.27. The lowest BCUT2D eigenvalue weighted by molar-refractivity contribution is 0.153. The first-order chi connectivity index (χ1) is 10.8. The molecule has 2 rings (SSSR count). The van der Waals surface area contributed by atoms with Crippen molar-refractivity contribution in [2.75, 3.05) is 33.4 Å². The molecule has 0 saturated carbocycles. The van der Waals surface area contributed by atoms with Crippen LogP contribution < -0.4 is 10.6 Å². The molecular weight excluding hydrogens is 281 g/mol. The van der Waals surface area contributed by atoms with Crippen molar-refractivity contribution in [3.63, 3.8) is 0 Å². The Morgan fingerprint density at radius 2 is 2.00 bits per heavy atom. The van der Waals surface area contributed by atoms with Crippen molar-refractivity contribution < 1.29 is 9.13 Å². The van der Waals surface area contributed by atoms with Crippen LogP contribution in [0.5, 0.6) is 0 Å². The van der Waals surface area contributed by atoms with Crippen molar-refractivity contribution in [1.82, 2.24) is 10.6 Å². The van der Waals surface area contributed by atoms with Crippen molar-refractivity contribution in [3.05, 3.63) is 47.3 Å². The number of nitrogens with one attached hydrogen (secondary N) is 2. The van der Waals surface area contributed by atoms with Crippen LogP contribution in [0.1, 0.15) is 18.4 Å². The summed E-state index contributed by atoms with van der Waals surface area (Å²) in [6, 6.07) is 6.86. The molecule has 1 aliphatic heterocycles. The second-order valence-electron chi connectivity index (χ2n) is 5.20. The molecule has 120 valence electrons. The lowest BCUT2D eigenvalue weighted by Crippen LogP contribution is -2.39. The Morgan fingerprint density at radius 1 is 1.23 bits per heavy atom. The van der Waals surface area contributed by atoms with Crippen molar-refractivity contribution in [1.29, 1.82) is 0 Å². The van der Waals surface area contributed by atoms with Gasteiger partial charge in [0.05, 0.1) is 13.2 Å². The lowest BCUT2D eigenvalue weighted by Gasteiger charge is -2.15. The van der Waals surface area contributed by atoms with Crippen molar-refractivity contribution in [2.24, 2.45) is 4.99 Å². The number of benzene rings is 1. The SMILES string of the molecule is CN=C(NCCC1=CCOCC1)NCCc1ccccc1F. The van der Waals surface area contributed by atoms with Gasteiger partial charge < -0.3 is 15.4 Å². The summed E-state index contributed by atoms with van der Waals surface area (Å²) in [6.45, 7) is 3.04. The van der Waals surface area contributed by atoms with E-state index in [0.29, 0.717) is 13.0 Å². The van der Waals surface area contributed by atoms with E-state index in [0.717, 1.165) is 44.1 Å². The van der Waals surface area contributed by atoms with Crippen LogP contribution in [0, 0.1) is 5.82 Å². The molecular formula is C17H24FN3O. The average molecular weight is 305 g/mol. The first-order valence-electron chi connectivity index (χ1n) is 7.73. The zero-order valence-electron chi connectivity index (χ0n) is 13.1. The minimum absolute atomic E-state index is 0.154. The molecule has 0 amide bonds. The Kier molecular flexibility index (Phi) is 6.90. The fraction of sp³-hybridized carbons (Fsp3) is 0.471. The zero-order chi connectivity index (χ0) is 15.6. The summed E-state index contributed by atoms with van der Waals surface area (Å²) in [4.78, 5) is 4.18. The standard InChI is InChI=1S/C17H24FN3O/c1-19-17(20-10-6-14-8-12-22-13-9-14)21-11-7-15-4-2-3-5-16(15)18/h2-5,8H,6-7,9-13H2,1H3,(H2,19,20,21). The van der Waals surface area contributed by atoms with E-state index in [2.05, 4.69) is 21.7 Å². The minimum atomic E-state index is -0.154. The van der Waals surface area contributed by atoms with Gasteiger partial charge in [0.15, 0.2) is 5.96 Å². The van der Waals surface area contributed by atoms with Crippen LogP contribution in [0.15, 0.2) is 40.9 Å². The largest absolute Gasteiger partial charge is 0.377 e. The van der Waals surface area contributed by atoms with E-state index >= 15 is 0 Å². The number of nitrogens with zero attached hydrogens (tertiary/aromatic N) is 1. The molecule has 1 aromatic carbocycles.